The number of H-pyrrole nitrogens is 1. The van der Waals surface area contributed by atoms with Crippen LogP contribution in [0.2, 0.25) is 0 Å². The number of nitrogens with zero attached hydrogens (tertiary/aromatic N) is 1. The molecule has 1 aromatic heterocycles. The average molecular weight is 308 g/mol. The average Bonchev–Trinajstić information content (AvgIpc) is 2.99. The SMILES string of the molecule is NC(=O)[C@@H](Cc1ccccc1)NC(=O)c1n[nH]c2ccccc12. The summed E-state index contributed by atoms with van der Waals surface area (Å²) in [6.45, 7) is 0. The number of benzene rings is 2. The predicted octanol–water partition coefficient (Wildman–Crippen LogP) is 1.39. The summed E-state index contributed by atoms with van der Waals surface area (Å²) in [5, 5.41) is 10.2. The quantitative estimate of drug-likeness (QED) is 0.664. The van der Waals surface area contributed by atoms with Crippen LogP contribution in [0.3, 0.4) is 0 Å². The molecule has 0 aliphatic rings. The molecule has 1 atom stereocenters. The second-order valence-corrected chi connectivity index (χ2v) is 5.24. The lowest BCUT2D eigenvalue weighted by Gasteiger charge is -2.15. The Kier molecular flexibility index (Phi) is 4.05. The number of fused-ring (bicyclic) bond motifs is 1. The van der Waals surface area contributed by atoms with Crippen LogP contribution in [0.15, 0.2) is 54.6 Å². The number of primary amides is 1. The fourth-order valence-corrected chi connectivity index (χ4v) is 2.44. The molecule has 6 heteroatoms. The zero-order chi connectivity index (χ0) is 16.2. The van der Waals surface area contributed by atoms with E-state index in [1.54, 1.807) is 6.07 Å². The van der Waals surface area contributed by atoms with Crippen molar-refractivity contribution < 1.29 is 9.59 Å². The summed E-state index contributed by atoms with van der Waals surface area (Å²) < 4.78 is 0. The minimum Gasteiger partial charge on any atom is -0.368 e. The van der Waals surface area contributed by atoms with Crippen LogP contribution in [0.5, 0.6) is 0 Å². The molecule has 3 rings (SSSR count). The Hall–Kier alpha value is -3.15. The maximum absolute atomic E-state index is 12.4. The van der Waals surface area contributed by atoms with Crippen molar-refractivity contribution in [3.05, 3.63) is 65.9 Å². The summed E-state index contributed by atoms with van der Waals surface area (Å²) in [4.78, 5) is 24.1. The van der Waals surface area contributed by atoms with Crippen LogP contribution in [-0.4, -0.2) is 28.1 Å². The van der Waals surface area contributed by atoms with Crippen molar-refractivity contribution >= 4 is 22.7 Å². The van der Waals surface area contributed by atoms with Gasteiger partial charge in [-0.3, -0.25) is 14.7 Å². The second-order valence-electron chi connectivity index (χ2n) is 5.24. The molecule has 0 spiro atoms. The predicted molar refractivity (Wildman–Crippen MR) is 86.7 cm³/mol. The van der Waals surface area contributed by atoms with E-state index in [1.165, 1.54) is 0 Å². The van der Waals surface area contributed by atoms with Crippen LogP contribution in [0, 0.1) is 0 Å². The number of para-hydroxylation sites is 1. The monoisotopic (exact) mass is 308 g/mol. The molecule has 0 radical (unpaired) electrons. The van der Waals surface area contributed by atoms with Crippen molar-refractivity contribution in [2.24, 2.45) is 5.73 Å². The molecular weight excluding hydrogens is 292 g/mol. The van der Waals surface area contributed by atoms with Crippen LogP contribution in [0.25, 0.3) is 10.9 Å². The van der Waals surface area contributed by atoms with Crippen LogP contribution >= 0.6 is 0 Å². The Morgan fingerprint density at radius 1 is 1.09 bits per heavy atom. The van der Waals surface area contributed by atoms with E-state index in [2.05, 4.69) is 15.5 Å². The first-order valence-electron chi connectivity index (χ1n) is 7.22. The van der Waals surface area contributed by atoms with E-state index in [0.29, 0.717) is 11.8 Å². The van der Waals surface area contributed by atoms with Gasteiger partial charge in [0.05, 0.1) is 5.52 Å². The van der Waals surface area contributed by atoms with Gasteiger partial charge in [0.2, 0.25) is 5.91 Å². The fraction of sp³-hybridized carbons (Fsp3) is 0.118. The van der Waals surface area contributed by atoms with Gasteiger partial charge in [-0.25, -0.2) is 0 Å². The number of rotatable bonds is 5. The highest BCUT2D eigenvalue weighted by molar-refractivity contribution is 6.05. The molecule has 2 amide bonds. The Labute approximate surface area is 132 Å². The lowest BCUT2D eigenvalue weighted by molar-refractivity contribution is -0.119. The molecule has 0 unspecified atom stereocenters. The van der Waals surface area contributed by atoms with Crippen LogP contribution in [0.4, 0.5) is 0 Å². The third-order valence-electron chi connectivity index (χ3n) is 3.62. The molecule has 2 aromatic carbocycles. The van der Waals surface area contributed by atoms with Gasteiger partial charge in [0.1, 0.15) is 6.04 Å². The Morgan fingerprint density at radius 3 is 2.52 bits per heavy atom. The largest absolute Gasteiger partial charge is 0.368 e. The molecule has 0 bridgehead atoms. The summed E-state index contributed by atoms with van der Waals surface area (Å²) in [5.41, 5.74) is 7.35. The van der Waals surface area contributed by atoms with Gasteiger partial charge in [0.25, 0.3) is 5.91 Å². The van der Waals surface area contributed by atoms with E-state index in [9.17, 15) is 9.59 Å². The standard InChI is InChI=1S/C17H16N4O2/c18-16(22)14(10-11-6-2-1-3-7-11)19-17(23)15-12-8-4-5-9-13(12)20-21-15/h1-9,14H,10H2,(H2,18,22)(H,19,23)(H,20,21)/t14-/m1/s1. The third kappa shape index (κ3) is 3.21. The molecule has 6 nitrogen and oxygen atoms in total. The minimum absolute atomic E-state index is 0.250. The number of aromatic amines is 1. The smallest absolute Gasteiger partial charge is 0.273 e. The van der Waals surface area contributed by atoms with Crippen LogP contribution in [0.1, 0.15) is 16.1 Å². The van der Waals surface area contributed by atoms with Gasteiger partial charge in [0.15, 0.2) is 5.69 Å². The van der Waals surface area contributed by atoms with Gasteiger partial charge in [-0.1, -0.05) is 48.5 Å². The van der Waals surface area contributed by atoms with E-state index in [1.807, 2.05) is 48.5 Å². The van der Waals surface area contributed by atoms with E-state index >= 15 is 0 Å². The van der Waals surface area contributed by atoms with Crippen molar-refractivity contribution in [3.8, 4) is 0 Å². The normalized spacial score (nSPS) is 12.0. The fourth-order valence-electron chi connectivity index (χ4n) is 2.44. The summed E-state index contributed by atoms with van der Waals surface area (Å²) in [7, 11) is 0. The molecule has 0 aliphatic heterocycles. The third-order valence-corrected chi connectivity index (χ3v) is 3.62. The molecule has 0 saturated carbocycles. The second kappa shape index (κ2) is 6.31. The highest BCUT2D eigenvalue weighted by Gasteiger charge is 2.22. The number of carbonyl (C=O) groups excluding carboxylic acids is 2. The number of amides is 2. The van der Waals surface area contributed by atoms with Gasteiger partial charge < -0.3 is 11.1 Å². The van der Waals surface area contributed by atoms with Crippen molar-refractivity contribution in [3.63, 3.8) is 0 Å². The van der Waals surface area contributed by atoms with E-state index < -0.39 is 17.9 Å². The van der Waals surface area contributed by atoms with E-state index in [-0.39, 0.29) is 5.69 Å². The molecule has 3 aromatic rings. The van der Waals surface area contributed by atoms with Crippen molar-refractivity contribution in [2.45, 2.75) is 12.5 Å². The first kappa shape index (κ1) is 14.8. The first-order chi connectivity index (χ1) is 11.1. The maximum Gasteiger partial charge on any atom is 0.273 e. The van der Waals surface area contributed by atoms with Gasteiger partial charge in [-0.15, -0.1) is 0 Å². The Bertz CT molecular complexity index is 842. The van der Waals surface area contributed by atoms with Crippen LogP contribution in [-0.2, 0) is 11.2 Å². The molecule has 4 N–H and O–H groups in total. The maximum atomic E-state index is 12.4. The number of nitrogens with one attached hydrogen (secondary N) is 2. The van der Waals surface area contributed by atoms with Crippen molar-refractivity contribution in [2.75, 3.05) is 0 Å². The lowest BCUT2D eigenvalue weighted by Crippen LogP contribution is -2.46. The van der Waals surface area contributed by atoms with Crippen LogP contribution < -0.4 is 11.1 Å². The summed E-state index contributed by atoms with van der Waals surface area (Å²) in [5.74, 6) is -1.01. The number of aromatic nitrogens is 2. The number of carbonyl (C=O) groups is 2. The van der Waals surface area contributed by atoms with Crippen molar-refractivity contribution in [1.82, 2.24) is 15.5 Å². The molecular formula is C17H16N4O2. The van der Waals surface area contributed by atoms with Gasteiger partial charge in [-0.05, 0) is 11.6 Å². The van der Waals surface area contributed by atoms with E-state index in [0.717, 1.165) is 11.1 Å². The first-order valence-corrected chi connectivity index (χ1v) is 7.22. The summed E-state index contributed by atoms with van der Waals surface area (Å²) in [6.07, 6.45) is 0.338. The lowest BCUT2D eigenvalue weighted by atomic mass is 10.1. The van der Waals surface area contributed by atoms with E-state index in [4.69, 9.17) is 5.73 Å². The number of nitrogens with two attached hydrogens (primary N) is 1. The molecule has 1 heterocycles. The highest BCUT2D eigenvalue weighted by atomic mass is 16.2. The van der Waals surface area contributed by atoms with Gasteiger partial charge in [-0.2, -0.15) is 5.10 Å². The molecule has 0 saturated heterocycles. The van der Waals surface area contributed by atoms with Gasteiger partial charge >= 0.3 is 0 Å². The van der Waals surface area contributed by atoms with Crippen molar-refractivity contribution in [1.29, 1.82) is 0 Å². The molecule has 23 heavy (non-hydrogen) atoms. The molecule has 0 fully saturated rings. The zero-order valence-electron chi connectivity index (χ0n) is 12.3. The Balaban J connectivity index is 1.80. The molecule has 116 valence electrons. The van der Waals surface area contributed by atoms with Gasteiger partial charge in [0, 0.05) is 11.8 Å². The molecule has 0 aliphatic carbocycles. The zero-order valence-corrected chi connectivity index (χ0v) is 12.3. The summed E-state index contributed by atoms with van der Waals surface area (Å²) >= 11 is 0. The Morgan fingerprint density at radius 2 is 1.78 bits per heavy atom. The number of hydrogen-bond donors (Lipinski definition) is 3. The topological polar surface area (TPSA) is 101 Å². The highest BCUT2D eigenvalue weighted by Crippen LogP contribution is 2.15. The minimum atomic E-state index is -0.791. The number of hydrogen-bond acceptors (Lipinski definition) is 3. The summed E-state index contributed by atoms with van der Waals surface area (Å²) in [6, 6.07) is 15.9.